The minimum absolute atomic E-state index is 0.202. The predicted octanol–water partition coefficient (Wildman–Crippen LogP) is 3.99. The number of carboxylic acids is 1. The standard InChI is InChI=1S/C15H20O2S/c1-9-6-12(18-3)7-13(10(9)2)14(8-15(16)17)11-4-5-11/h6-7,11,14H,4-5,8H2,1-3H3,(H,16,17). The maximum atomic E-state index is 11.1. The predicted molar refractivity (Wildman–Crippen MR) is 75.4 cm³/mol. The molecule has 0 heterocycles. The third-order valence-corrected chi connectivity index (χ3v) is 4.61. The van der Waals surface area contributed by atoms with Gasteiger partial charge in [0.15, 0.2) is 0 Å². The van der Waals surface area contributed by atoms with Crippen molar-refractivity contribution in [1.82, 2.24) is 0 Å². The van der Waals surface area contributed by atoms with E-state index in [0.29, 0.717) is 5.92 Å². The van der Waals surface area contributed by atoms with Crippen LogP contribution in [0.1, 0.15) is 41.9 Å². The first-order valence-electron chi connectivity index (χ1n) is 6.40. The molecule has 3 heteroatoms. The smallest absolute Gasteiger partial charge is 0.303 e. The van der Waals surface area contributed by atoms with Crippen LogP contribution in [0.15, 0.2) is 17.0 Å². The minimum atomic E-state index is -0.682. The lowest BCUT2D eigenvalue weighted by molar-refractivity contribution is -0.137. The zero-order valence-electron chi connectivity index (χ0n) is 11.2. The lowest BCUT2D eigenvalue weighted by Gasteiger charge is -2.19. The Balaban J connectivity index is 2.39. The summed E-state index contributed by atoms with van der Waals surface area (Å²) in [6.45, 7) is 4.23. The lowest BCUT2D eigenvalue weighted by Crippen LogP contribution is -2.10. The Hall–Kier alpha value is -0.960. The second kappa shape index (κ2) is 5.35. The molecule has 98 valence electrons. The number of carboxylic acid groups (broad SMARTS) is 1. The third-order valence-electron chi connectivity index (χ3n) is 3.90. The van der Waals surface area contributed by atoms with Crippen molar-refractivity contribution in [2.24, 2.45) is 5.92 Å². The Kier molecular flexibility index (Phi) is 4.00. The highest BCUT2D eigenvalue weighted by atomic mass is 32.2. The van der Waals surface area contributed by atoms with Crippen LogP contribution in [0.4, 0.5) is 0 Å². The van der Waals surface area contributed by atoms with E-state index < -0.39 is 5.97 Å². The normalized spacial score (nSPS) is 16.6. The number of thioether (sulfide) groups is 1. The van der Waals surface area contributed by atoms with Gasteiger partial charge in [-0.25, -0.2) is 0 Å². The van der Waals surface area contributed by atoms with Gasteiger partial charge in [0.25, 0.3) is 0 Å². The Morgan fingerprint density at radius 2 is 2.11 bits per heavy atom. The van der Waals surface area contributed by atoms with E-state index in [1.54, 1.807) is 11.8 Å². The fourth-order valence-electron chi connectivity index (χ4n) is 2.57. The average molecular weight is 264 g/mol. The first-order chi connectivity index (χ1) is 8.52. The summed E-state index contributed by atoms with van der Waals surface area (Å²) in [5, 5.41) is 9.10. The number of hydrogen-bond donors (Lipinski definition) is 1. The van der Waals surface area contributed by atoms with Gasteiger partial charge in [-0.3, -0.25) is 4.79 Å². The molecule has 1 N–H and O–H groups in total. The van der Waals surface area contributed by atoms with Crippen molar-refractivity contribution in [3.63, 3.8) is 0 Å². The average Bonchev–Trinajstić information content (AvgIpc) is 3.13. The molecule has 0 bridgehead atoms. The van der Waals surface area contributed by atoms with Crippen molar-refractivity contribution in [3.05, 3.63) is 28.8 Å². The molecule has 0 radical (unpaired) electrons. The molecule has 0 aliphatic heterocycles. The van der Waals surface area contributed by atoms with Gasteiger partial charge in [-0.05, 0) is 73.6 Å². The molecule has 1 unspecified atom stereocenters. The highest BCUT2D eigenvalue weighted by molar-refractivity contribution is 7.98. The van der Waals surface area contributed by atoms with Crippen molar-refractivity contribution in [1.29, 1.82) is 0 Å². The molecule has 0 aromatic heterocycles. The summed E-state index contributed by atoms with van der Waals surface area (Å²) in [5.74, 6) is 0.100. The molecule has 2 nitrogen and oxygen atoms in total. The van der Waals surface area contributed by atoms with Crippen molar-refractivity contribution in [2.75, 3.05) is 6.26 Å². The van der Waals surface area contributed by atoms with E-state index >= 15 is 0 Å². The fraction of sp³-hybridized carbons (Fsp3) is 0.533. The van der Waals surface area contributed by atoms with Crippen LogP contribution in [0.3, 0.4) is 0 Å². The van der Waals surface area contributed by atoms with Crippen LogP contribution in [-0.4, -0.2) is 17.3 Å². The largest absolute Gasteiger partial charge is 0.481 e. The van der Waals surface area contributed by atoms with Crippen LogP contribution in [0, 0.1) is 19.8 Å². The van der Waals surface area contributed by atoms with Gasteiger partial charge in [0.2, 0.25) is 0 Å². The first kappa shape index (κ1) is 13.5. The summed E-state index contributed by atoms with van der Waals surface area (Å²) in [5.41, 5.74) is 3.79. The molecule has 1 atom stereocenters. The number of hydrogen-bond acceptors (Lipinski definition) is 2. The number of rotatable bonds is 5. The Bertz CT molecular complexity index is 464. The Morgan fingerprint density at radius 3 is 2.61 bits per heavy atom. The quantitative estimate of drug-likeness (QED) is 0.817. The van der Waals surface area contributed by atoms with Gasteiger partial charge in [-0.2, -0.15) is 0 Å². The van der Waals surface area contributed by atoms with Crippen LogP contribution in [-0.2, 0) is 4.79 Å². The fourth-order valence-corrected chi connectivity index (χ4v) is 3.11. The molecule has 0 saturated heterocycles. The SMILES string of the molecule is CSc1cc(C)c(C)c(C(CC(=O)O)C2CC2)c1. The molecule has 1 aromatic carbocycles. The van der Waals surface area contributed by atoms with Gasteiger partial charge in [-0.15, -0.1) is 11.8 Å². The molecule has 2 rings (SSSR count). The molecule has 1 aliphatic carbocycles. The molecular weight excluding hydrogens is 244 g/mol. The summed E-state index contributed by atoms with van der Waals surface area (Å²) in [7, 11) is 0. The summed E-state index contributed by atoms with van der Waals surface area (Å²) in [6, 6.07) is 4.38. The zero-order valence-corrected chi connectivity index (χ0v) is 12.0. The van der Waals surface area contributed by atoms with Crippen molar-refractivity contribution >= 4 is 17.7 Å². The van der Waals surface area contributed by atoms with E-state index in [1.807, 2.05) is 0 Å². The van der Waals surface area contributed by atoms with Gasteiger partial charge in [-0.1, -0.05) is 0 Å². The minimum Gasteiger partial charge on any atom is -0.481 e. The van der Waals surface area contributed by atoms with Gasteiger partial charge in [0.1, 0.15) is 0 Å². The maximum Gasteiger partial charge on any atom is 0.303 e. The van der Waals surface area contributed by atoms with Crippen molar-refractivity contribution in [3.8, 4) is 0 Å². The first-order valence-corrected chi connectivity index (χ1v) is 7.62. The molecule has 1 aliphatic rings. The summed E-state index contributed by atoms with van der Waals surface area (Å²) in [6.07, 6.45) is 4.69. The molecule has 18 heavy (non-hydrogen) atoms. The monoisotopic (exact) mass is 264 g/mol. The zero-order chi connectivity index (χ0) is 13.3. The molecule has 1 fully saturated rings. The van der Waals surface area contributed by atoms with Crippen LogP contribution in [0.25, 0.3) is 0 Å². The second-order valence-electron chi connectivity index (χ2n) is 5.20. The van der Waals surface area contributed by atoms with Crippen LogP contribution in [0.5, 0.6) is 0 Å². The van der Waals surface area contributed by atoms with Crippen LogP contribution in [0.2, 0.25) is 0 Å². The number of benzene rings is 1. The van der Waals surface area contributed by atoms with Crippen molar-refractivity contribution in [2.45, 2.75) is 43.9 Å². The van der Waals surface area contributed by atoms with E-state index in [-0.39, 0.29) is 12.3 Å². The third kappa shape index (κ3) is 2.89. The van der Waals surface area contributed by atoms with Crippen LogP contribution >= 0.6 is 11.8 Å². The summed E-state index contributed by atoms with van der Waals surface area (Å²) >= 11 is 1.73. The Morgan fingerprint density at radius 1 is 1.44 bits per heavy atom. The number of aryl methyl sites for hydroxylation is 1. The maximum absolute atomic E-state index is 11.1. The topological polar surface area (TPSA) is 37.3 Å². The summed E-state index contributed by atoms with van der Waals surface area (Å²) < 4.78 is 0. The summed E-state index contributed by atoms with van der Waals surface area (Å²) in [4.78, 5) is 12.3. The van der Waals surface area contributed by atoms with Gasteiger partial charge >= 0.3 is 5.97 Å². The highest BCUT2D eigenvalue weighted by Crippen LogP contribution is 2.46. The van der Waals surface area contributed by atoms with E-state index in [4.69, 9.17) is 5.11 Å². The molecule has 0 amide bonds. The highest BCUT2D eigenvalue weighted by Gasteiger charge is 2.34. The van der Waals surface area contributed by atoms with Crippen molar-refractivity contribution < 1.29 is 9.90 Å². The number of aliphatic carboxylic acids is 1. The molecule has 1 aromatic rings. The van der Waals surface area contributed by atoms with Crippen LogP contribution < -0.4 is 0 Å². The van der Waals surface area contributed by atoms with E-state index in [9.17, 15) is 4.79 Å². The van der Waals surface area contributed by atoms with Gasteiger partial charge in [0, 0.05) is 4.90 Å². The lowest BCUT2D eigenvalue weighted by atomic mass is 9.86. The number of carbonyl (C=O) groups is 1. The van der Waals surface area contributed by atoms with Gasteiger partial charge in [0.05, 0.1) is 6.42 Å². The Labute approximate surface area is 113 Å². The second-order valence-corrected chi connectivity index (χ2v) is 6.08. The van der Waals surface area contributed by atoms with E-state index in [0.717, 1.165) is 0 Å². The molecule has 1 saturated carbocycles. The van der Waals surface area contributed by atoms with Gasteiger partial charge < -0.3 is 5.11 Å². The molecule has 0 spiro atoms. The van der Waals surface area contributed by atoms with E-state index in [2.05, 4.69) is 32.2 Å². The van der Waals surface area contributed by atoms with E-state index in [1.165, 1.54) is 34.4 Å². The molecular formula is C15H20O2S.